The first kappa shape index (κ1) is 15.9. The van der Waals surface area contributed by atoms with Gasteiger partial charge < -0.3 is 20.5 Å². The number of para-hydroxylation sites is 1. The summed E-state index contributed by atoms with van der Waals surface area (Å²) in [5.74, 6) is 1.91. The minimum Gasteiger partial charge on any atom is -0.457 e. The normalized spacial score (nSPS) is 11.2. The van der Waals surface area contributed by atoms with Crippen LogP contribution in [0.15, 0.2) is 59.6 Å². The van der Waals surface area contributed by atoms with Crippen molar-refractivity contribution in [2.45, 2.75) is 6.42 Å². The quantitative estimate of drug-likeness (QED) is 0.468. The second-order valence-corrected chi connectivity index (χ2v) is 4.68. The van der Waals surface area contributed by atoms with Gasteiger partial charge in [-0.05, 0) is 30.7 Å². The maximum atomic E-state index is 5.85. The molecule has 0 aliphatic carbocycles. The lowest BCUT2D eigenvalue weighted by atomic mass is 10.3. The van der Waals surface area contributed by atoms with Gasteiger partial charge in [0, 0.05) is 32.0 Å². The molecule has 0 spiro atoms. The van der Waals surface area contributed by atoms with Crippen LogP contribution in [0.4, 0.5) is 5.69 Å². The molecule has 2 aromatic carbocycles. The molecule has 0 aliphatic heterocycles. The SMILES string of the molecule is COCCCN=C(N)Nc1cccc(Oc2ccccc2)c1. The summed E-state index contributed by atoms with van der Waals surface area (Å²) in [4.78, 5) is 4.23. The molecule has 0 amide bonds. The number of nitrogens with two attached hydrogens (primary N) is 1. The van der Waals surface area contributed by atoms with E-state index in [0.717, 1.165) is 23.6 Å². The van der Waals surface area contributed by atoms with Crippen LogP contribution in [0.1, 0.15) is 6.42 Å². The van der Waals surface area contributed by atoms with E-state index in [1.165, 1.54) is 0 Å². The predicted octanol–water partition coefficient (Wildman–Crippen LogP) is 3.24. The number of hydrogen-bond acceptors (Lipinski definition) is 3. The van der Waals surface area contributed by atoms with E-state index >= 15 is 0 Å². The standard InChI is InChI=1S/C17H21N3O2/c1-21-12-6-11-19-17(18)20-14-7-5-10-16(13-14)22-15-8-3-2-4-9-15/h2-5,7-10,13H,6,11-12H2,1H3,(H3,18,19,20). The largest absolute Gasteiger partial charge is 0.457 e. The van der Waals surface area contributed by atoms with Gasteiger partial charge in [-0.1, -0.05) is 24.3 Å². The van der Waals surface area contributed by atoms with Gasteiger partial charge in [-0.3, -0.25) is 4.99 Å². The van der Waals surface area contributed by atoms with Gasteiger partial charge in [-0.2, -0.15) is 0 Å². The number of guanidine groups is 1. The summed E-state index contributed by atoms with van der Waals surface area (Å²) in [7, 11) is 1.67. The highest BCUT2D eigenvalue weighted by Gasteiger charge is 2.00. The van der Waals surface area contributed by atoms with Crippen LogP contribution in [-0.4, -0.2) is 26.2 Å². The summed E-state index contributed by atoms with van der Waals surface area (Å²) < 4.78 is 10.7. The number of ether oxygens (including phenoxy) is 2. The molecule has 0 unspecified atom stereocenters. The van der Waals surface area contributed by atoms with Crippen LogP contribution >= 0.6 is 0 Å². The van der Waals surface area contributed by atoms with Crippen molar-refractivity contribution < 1.29 is 9.47 Å². The molecule has 0 aliphatic rings. The molecule has 5 nitrogen and oxygen atoms in total. The number of nitrogens with zero attached hydrogens (tertiary/aromatic N) is 1. The molecule has 116 valence electrons. The second-order valence-electron chi connectivity index (χ2n) is 4.68. The van der Waals surface area contributed by atoms with Gasteiger partial charge in [0.05, 0.1) is 0 Å². The van der Waals surface area contributed by atoms with Gasteiger partial charge in [-0.25, -0.2) is 0 Å². The fourth-order valence-electron chi connectivity index (χ4n) is 1.86. The van der Waals surface area contributed by atoms with Crippen LogP contribution in [0, 0.1) is 0 Å². The highest BCUT2D eigenvalue weighted by Crippen LogP contribution is 2.23. The Morgan fingerprint density at radius 3 is 2.64 bits per heavy atom. The van der Waals surface area contributed by atoms with Crippen molar-refractivity contribution in [2.24, 2.45) is 10.7 Å². The number of benzene rings is 2. The molecule has 0 heterocycles. The summed E-state index contributed by atoms with van der Waals surface area (Å²) in [5.41, 5.74) is 6.68. The van der Waals surface area contributed by atoms with Crippen LogP contribution in [0.25, 0.3) is 0 Å². The molecule has 0 bridgehead atoms. The Kier molecular flexibility index (Phi) is 6.26. The lowest BCUT2D eigenvalue weighted by Gasteiger charge is -2.09. The van der Waals surface area contributed by atoms with Gasteiger partial charge >= 0.3 is 0 Å². The molecule has 2 rings (SSSR count). The van der Waals surface area contributed by atoms with Crippen molar-refractivity contribution in [2.75, 3.05) is 25.6 Å². The number of hydrogen-bond donors (Lipinski definition) is 2. The summed E-state index contributed by atoms with van der Waals surface area (Å²) >= 11 is 0. The molecule has 0 radical (unpaired) electrons. The van der Waals surface area contributed by atoms with Gasteiger partial charge in [0.2, 0.25) is 0 Å². The minimum absolute atomic E-state index is 0.382. The van der Waals surface area contributed by atoms with E-state index in [0.29, 0.717) is 19.1 Å². The average molecular weight is 299 g/mol. The summed E-state index contributed by atoms with van der Waals surface area (Å²) in [5, 5.41) is 3.05. The van der Waals surface area contributed by atoms with Crippen LogP contribution in [0.2, 0.25) is 0 Å². The smallest absolute Gasteiger partial charge is 0.193 e. The fourth-order valence-corrected chi connectivity index (χ4v) is 1.86. The summed E-state index contributed by atoms with van der Waals surface area (Å²) in [6.45, 7) is 1.31. The van der Waals surface area contributed by atoms with E-state index in [4.69, 9.17) is 15.2 Å². The number of rotatable bonds is 7. The first-order valence-electron chi connectivity index (χ1n) is 7.17. The van der Waals surface area contributed by atoms with E-state index in [9.17, 15) is 0 Å². The Morgan fingerprint density at radius 2 is 1.86 bits per heavy atom. The van der Waals surface area contributed by atoms with Crippen LogP contribution in [-0.2, 0) is 4.74 Å². The van der Waals surface area contributed by atoms with Crippen LogP contribution in [0.5, 0.6) is 11.5 Å². The van der Waals surface area contributed by atoms with Crippen molar-refractivity contribution in [3.63, 3.8) is 0 Å². The number of nitrogens with one attached hydrogen (secondary N) is 1. The molecule has 3 N–H and O–H groups in total. The highest BCUT2D eigenvalue weighted by molar-refractivity contribution is 5.92. The van der Waals surface area contributed by atoms with E-state index in [-0.39, 0.29) is 0 Å². The van der Waals surface area contributed by atoms with E-state index in [1.54, 1.807) is 7.11 Å². The summed E-state index contributed by atoms with van der Waals surface area (Å²) in [6, 6.07) is 17.2. The Morgan fingerprint density at radius 1 is 1.09 bits per heavy atom. The Bertz CT molecular complexity index is 600. The van der Waals surface area contributed by atoms with E-state index < -0.39 is 0 Å². The summed E-state index contributed by atoms with van der Waals surface area (Å²) in [6.07, 6.45) is 0.843. The fraction of sp³-hybridized carbons (Fsp3) is 0.235. The molecule has 0 atom stereocenters. The van der Waals surface area contributed by atoms with E-state index in [1.807, 2.05) is 54.6 Å². The van der Waals surface area contributed by atoms with Gasteiger partial charge in [0.15, 0.2) is 5.96 Å². The Labute approximate surface area is 130 Å². The van der Waals surface area contributed by atoms with Crippen molar-refractivity contribution in [1.82, 2.24) is 0 Å². The average Bonchev–Trinajstić information content (AvgIpc) is 2.53. The highest BCUT2D eigenvalue weighted by atomic mass is 16.5. The first-order valence-corrected chi connectivity index (χ1v) is 7.17. The minimum atomic E-state index is 0.382. The zero-order chi connectivity index (χ0) is 15.6. The zero-order valence-corrected chi connectivity index (χ0v) is 12.7. The molecule has 22 heavy (non-hydrogen) atoms. The Balaban J connectivity index is 1.93. The Hall–Kier alpha value is -2.53. The van der Waals surface area contributed by atoms with Crippen molar-refractivity contribution in [3.05, 3.63) is 54.6 Å². The van der Waals surface area contributed by atoms with Crippen LogP contribution in [0.3, 0.4) is 0 Å². The molecule has 0 saturated heterocycles. The van der Waals surface area contributed by atoms with Crippen molar-refractivity contribution in [3.8, 4) is 11.5 Å². The number of methoxy groups -OCH3 is 1. The first-order chi connectivity index (χ1) is 10.8. The molecular formula is C17H21N3O2. The lowest BCUT2D eigenvalue weighted by molar-refractivity contribution is 0.197. The van der Waals surface area contributed by atoms with Crippen molar-refractivity contribution in [1.29, 1.82) is 0 Å². The molecule has 0 saturated carbocycles. The van der Waals surface area contributed by atoms with Crippen molar-refractivity contribution >= 4 is 11.6 Å². The molecule has 0 aromatic heterocycles. The van der Waals surface area contributed by atoms with Gasteiger partial charge in [0.1, 0.15) is 11.5 Å². The molecule has 5 heteroatoms. The predicted molar refractivity (Wildman–Crippen MR) is 89.6 cm³/mol. The molecule has 2 aromatic rings. The van der Waals surface area contributed by atoms with E-state index in [2.05, 4.69) is 10.3 Å². The third-order valence-electron chi connectivity index (χ3n) is 2.87. The number of anilines is 1. The zero-order valence-electron chi connectivity index (χ0n) is 12.7. The maximum Gasteiger partial charge on any atom is 0.193 e. The maximum absolute atomic E-state index is 5.85. The molecular weight excluding hydrogens is 278 g/mol. The third-order valence-corrected chi connectivity index (χ3v) is 2.87. The number of aliphatic imine (C=N–C) groups is 1. The van der Waals surface area contributed by atoms with Gasteiger partial charge in [-0.15, -0.1) is 0 Å². The monoisotopic (exact) mass is 299 g/mol. The lowest BCUT2D eigenvalue weighted by Crippen LogP contribution is -2.22. The van der Waals surface area contributed by atoms with Gasteiger partial charge in [0.25, 0.3) is 0 Å². The molecule has 0 fully saturated rings. The third kappa shape index (κ3) is 5.46. The van der Waals surface area contributed by atoms with Crippen LogP contribution < -0.4 is 15.8 Å². The topological polar surface area (TPSA) is 68.9 Å². The second kappa shape index (κ2) is 8.69.